The zero-order valence-corrected chi connectivity index (χ0v) is 11.5. The molecule has 0 bridgehead atoms. The van der Waals surface area contributed by atoms with Gasteiger partial charge in [0.2, 0.25) is 0 Å². The van der Waals surface area contributed by atoms with Gasteiger partial charge >= 0.3 is 0 Å². The lowest BCUT2D eigenvalue weighted by Gasteiger charge is -2.09. The van der Waals surface area contributed by atoms with Crippen LogP contribution in [0.25, 0.3) is 0 Å². The van der Waals surface area contributed by atoms with Gasteiger partial charge in [0, 0.05) is 18.4 Å². The summed E-state index contributed by atoms with van der Waals surface area (Å²) in [6.45, 7) is 2.51. The minimum absolute atomic E-state index is 0.167. The van der Waals surface area contributed by atoms with Gasteiger partial charge in [0.05, 0.1) is 5.75 Å². The topological polar surface area (TPSA) is 72.0 Å². The van der Waals surface area contributed by atoms with E-state index in [1.54, 1.807) is 0 Å². The van der Waals surface area contributed by atoms with Crippen LogP contribution in [0.5, 0.6) is 0 Å². The van der Waals surface area contributed by atoms with Gasteiger partial charge in [0.1, 0.15) is 27.1 Å². The van der Waals surface area contributed by atoms with Gasteiger partial charge in [-0.05, 0) is 12.8 Å². The molecule has 0 aliphatic carbocycles. The molecule has 5 nitrogen and oxygen atoms in total. The van der Waals surface area contributed by atoms with Gasteiger partial charge in [-0.25, -0.2) is 18.4 Å². The summed E-state index contributed by atoms with van der Waals surface area (Å²) >= 11 is 5.93. The highest BCUT2D eigenvalue weighted by atomic mass is 35.5. The van der Waals surface area contributed by atoms with E-state index < -0.39 is 9.84 Å². The standard InChI is InChI=1S/C10H16ClN3O2S/c1-3-8-9(11)13-7-14-10(8)12-5-4-6-17(2,15)16/h7H,3-6H2,1-2H3,(H,12,13,14). The van der Waals surface area contributed by atoms with Crippen molar-refractivity contribution < 1.29 is 8.42 Å². The zero-order valence-electron chi connectivity index (χ0n) is 9.90. The molecule has 1 aromatic rings. The van der Waals surface area contributed by atoms with Crippen molar-refractivity contribution in [2.24, 2.45) is 0 Å². The van der Waals surface area contributed by atoms with Crippen LogP contribution in [0.2, 0.25) is 5.15 Å². The Morgan fingerprint density at radius 3 is 2.71 bits per heavy atom. The maximum atomic E-state index is 10.9. The third-order valence-electron chi connectivity index (χ3n) is 2.23. The third-order valence-corrected chi connectivity index (χ3v) is 3.59. The van der Waals surface area contributed by atoms with Crippen molar-refractivity contribution in [3.05, 3.63) is 17.0 Å². The Kier molecular flexibility index (Phi) is 5.14. The van der Waals surface area contributed by atoms with Crippen LogP contribution in [0.15, 0.2) is 6.33 Å². The summed E-state index contributed by atoms with van der Waals surface area (Å²) in [5.41, 5.74) is 0.855. The first kappa shape index (κ1) is 14.2. The first-order chi connectivity index (χ1) is 7.94. The maximum absolute atomic E-state index is 10.9. The largest absolute Gasteiger partial charge is 0.370 e. The number of nitrogens with zero attached hydrogens (tertiary/aromatic N) is 2. The van der Waals surface area contributed by atoms with E-state index in [4.69, 9.17) is 11.6 Å². The minimum Gasteiger partial charge on any atom is -0.370 e. The molecule has 0 atom stereocenters. The van der Waals surface area contributed by atoms with E-state index in [-0.39, 0.29) is 5.75 Å². The van der Waals surface area contributed by atoms with E-state index >= 15 is 0 Å². The lowest BCUT2D eigenvalue weighted by molar-refractivity contribution is 0.600. The molecule has 0 saturated carbocycles. The first-order valence-electron chi connectivity index (χ1n) is 5.35. The molecule has 17 heavy (non-hydrogen) atoms. The normalized spacial score (nSPS) is 11.5. The van der Waals surface area contributed by atoms with Gasteiger partial charge in [-0.3, -0.25) is 0 Å². The van der Waals surface area contributed by atoms with Crippen molar-refractivity contribution in [2.45, 2.75) is 19.8 Å². The van der Waals surface area contributed by atoms with Crippen molar-refractivity contribution in [3.8, 4) is 0 Å². The molecule has 0 spiro atoms. The number of hydrogen-bond acceptors (Lipinski definition) is 5. The molecule has 1 aromatic heterocycles. The molecule has 0 aliphatic heterocycles. The highest BCUT2D eigenvalue weighted by Gasteiger charge is 2.07. The second kappa shape index (κ2) is 6.16. The van der Waals surface area contributed by atoms with Crippen molar-refractivity contribution in [1.29, 1.82) is 0 Å². The molecule has 0 radical (unpaired) electrons. The SMILES string of the molecule is CCc1c(Cl)ncnc1NCCCS(C)(=O)=O. The predicted octanol–water partition coefficient (Wildman–Crippen LogP) is 1.54. The van der Waals surface area contributed by atoms with Crippen LogP contribution in [0.1, 0.15) is 18.9 Å². The molecule has 1 N–H and O–H groups in total. The van der Waals surface area contributed by atoms with Crippen LogP contribution < -0.4 is 5.32 Å². The number of halogens is 1. The second-order valence-electron chi connectivity index (χ2n) is 3.76. The van der Waals surface area contributed by atoms with E-state index in [9.17, 15) is 8.42 Å². The molecule has 7 heteroatoms. The van der Waals surface area contributed by atoms with Crippen LogP contribution >= 0.6 is 11.6 Å². The van der Waals surface area contributed by atoms with E-state index in [1.807, 2.05) is 6.92 Å². The van der Waals surface area contributed by atoms with E-state index in [0.717, 1.165) is 12.0 Å². The van der Waals surface area contributed by atoms with E-state index in [0.29, 0.717) is 23.9 Å². The van der Waals surface area contributed by atoms with E-state index in [2.05, 4.69) is 15.3 Å². The third kappa shape index (κ3) is 4.87. The van der Waals surface area contributed by atoms with Crippen LogP contribution in [0, 0.1) is 0 Å². The van der Waals surface area contributed by atoms with Gasteiger partial charge in [0.25, 0.3) is 0 Å². The summed E-state index contributed by atoms with van der Waals surface area (Å²) in [7, 11) is -2.90. The molecule has 0 aromatic carbocycles. The predicted molar refractivity (Wildman–Crippen MR) is 69.2 cm³/mol. The number of anilines is 1. The van der Waals surface area contributed by atoms with Crippen LogP contribution in [0.3, 0.4) is 0 Å². The molecule has 1 heterocycles. The zero-order chi connectivity index (χ0) is 12.9. The number of hydrogen-bond donors (Lipinski definition) is 1. The fraction of sp³-hybridized carbons (Fsp3) is 0.600. The lowest BCUT2D eigenvalue weighted by Crippen LogP contribution is -2.12. The highest BCUT2D eigenvalue weighted by Crippen LogP contribution is 2.19. The summed E-state index contributed by atoms with van der Waals surface area (Å²) in [4.78, 5) is 7.98. The average Bonchev–Trinajstić information content (AvgIpc) is 2.23. The fourth-order valence-corrected chi connectivity index (χ4v) is 2.33. The summed E-state index contributed by atoms with van der Waals surface area (Å²) in [5, 5.41) is 3.52. The number of rotatable bonds is 6. The van der Waals surface area contributed by atoms with Crippen LogP contribution in [-0.2, 0) is 16.3 Å². The monoisotopic (exact) mass is 277 g/mol. The Bertz CT molecular complexity index is 476. The van der Waals surface area contributed by atoms with Gasteiger partial charge in [-0.1, -0.05) is 18.5 Å². The van der Waals surface area contributed by atoms with Gasteiger partial charge < -0.3 is 5.32 Å². The minimum atomic E-state index is -2.90. The summed E-state index contributed by atoms with van der Waals surface area (Å²) in [6, 6.07) is 0. The Hall–Kier alpha value is -0.880. The summed E-state index contributed by atoms with van der Waals surface area (Å²) in [6.07, 6.45) is 3.89. The summed E-state index contributed by atoms with van der Waals surface area (Å²) < 4.78 is 21.9. The van der Waals surface area contributed by atoms with Crippen molar-refractivity contribution >= 4 is 27.3 Å². The first-order valence-corrected chi connectivity index (χ1v) is 7.79. The lowest BCUT2D eigenvalue weighted by atomic mass is 10.2. The quantitative estimate of drug-likeness (QED) is 0.631. The number of nitrogens with one attached hydrogen (secondary N) is 1. The Morgan fingerprint density at radius 1 is 1.41 bits per heavy atom. The Morgan fingerprint density at radius 2 is 2.12 bits per heavy atom. The molecule has 96 valence electrons. The van der Waals surface area contributed by atoms with Crippen molar-refractivity contribution in [2.75, 3.05) is 23.9 Å². The molecule has 1 rings (SSSR count). The molecule has 0 saturated heterocycles. The van der Waals surface area contributed by atoms with Gasteiger partial charge in [-0.2, -0.15) is 0 Å². The number of sulfone groups is 1. The Balaban J connectivity index is 2.55. The average molecular weight is 278 g/mol. The van der Waals surface area contributed by atoms with Crippen LogP contribution in [0.4, 0.5) is 5.82 Å². The fourth-order valence-electron chi connectivity index (χ4n) is 1.40. The smallest absolute Gasteiger partial charge is 0.147 e. The maximum Gasteiger partial charge on any atom is 0.147 e. The van der Waals surface area contributed by atoms with Gasteiger partial charge in [0.15, 0.2) is 0 Å². The molecule has 0 aliphatic rings. The highest BCUT2D eigenvalue weighted by molar-refractivity contribution is 7.90. The van der Waals surface area contributed by atoms with Crippen molar-refractivity contribution in [1.82, 2.24) is 9.97 Å². The Labute approximate surface area is 107 Å². The van der Waals surface area contributed by atoms with E-state index in [1.165, 1.54) is 12.6 Å². The van der Waals surface area contributed by atoms with Gasteiger partial charge in [-0.15, -0.1) is 0 Å². The number of aromatic nitrogens is 2. The van der Waals surface area contributed by atoms with Crippen LogP contribution in [-0.4, -0.2) is 36.9 Å². The molecule has 0 fully saturated rings. The molecule has 0 amide bonds. The summed E-state index contributed by atoms with van der Waals surface area (Å²) in [5.74, 6) is 0.848. The van der Waals surface area contributed by atoms with Crippen molar-refractivity contribution in [3.63, 3.8) is 0 Å². The molecule has 0 unspecified atom stereocenters. The second-order valence-corrected chi connectivity index (χ2v) is 6.37. The molecular formula is C10H16ClN3O2S. The molecular weight excluding hydrogens is 262 g/mol.